The number of ketones is 1. The third-order valence-electron chi connectivity index (χ3n) is 11.5. The second-order valence-electron chi connectivity index (χ2n) is 15.5. The van der Waals surface area contributed by atoms with Gasteiger partial charge in [-0.25, -0.2) is 5.06 Å². The van der Waals surface area contributed by atoms with Crippen molar-refractivity contribution in [1.29, 1.82) is 0 Å². The highest BCUT2D eigenvalue weighted by molar-refractivity contribution is 9.11. The molecule has 0 spiro atoms. The van der Waals surface area contributed by atoms with E-state index in [4.69, 9.17) is 42.7 Å². The van der Waals surface area contributed by atoms with Crippen LogP contribution < -0.4 is 28.7 Å². The van der Waals surface area contributed by atoms with Crippen molar-refractivity contribution < 1.29 is 52.3 Å². The monoisotopic (exact) mass is 1120 g/mol. The van der Waals surface area contributed by atoms with Gasteiger partial charge in [0.05, 0.1) is 66.9 Å². The molecule has 2 aromatic heterocycles. The van der Waals surface area contributed by atoms with E-state index in [1.54, 1.807) is 53.9 Å². The van der Waals surface area contributed by atoms with Crippen LogP contribution in [-0.2, 0) is 28.6 Å². The molecule has 0 radical (unpaired) electrons. The Bertz CT molecular complexity index is 2540. The predicted molar refractivity (Wildman–Crippen MR) is 284 cm³/mol. The minimum absolute atomic E-state index is 0.0658. The molecule has 374 valence electrons. The number of thiophene rings is 2. The van der Waals surface area contributed by atoms with E-state index < -0.39 is 12.2 Å². The van der Waals surface area contributed by atoms with Crippen molar-refractivity contribution in [2.75, 3.05) is 119 Å². The quantitative estimate of drug-likeness (QED) is 0.0675. The number of benzene rings is 4. The third kappa shape index (κ3) is 13.7. The second kappa shape index (κ2) is 27.0. The lowest BCUT2D eigenvalue weighted by atomic mass is 10.0. The Labute approximate surface area is 435 Å². The van der Waals surface area contributed by atoms with Crippen LogP contribution in [0.15, 0.2) is 111 Å². The molecule has 1 amide bonds. The van der Waals surface area contributed by atoms with Crippen LogP contribution in [-0.4, -0.2) is 126 Å². The Balaban J connectivity index is 0.000000186. The SMILES string of the molecule is COC(C(=O)N(C)OC)c1ccc(N2CCOCC2)cc1.COc1cc(-c2ccc(C(=O)C(OC)c3ccc(N4CCOCC4)cc3)s2)cc(OC)c1Br.COc1cc(-c2cccs2)cc(OC)c1Br. The van der Waals surface area contributed by atoms with Crippen LogP contribution in [0.1, 0.15) is 33.0 Å². The lowest BCUT2D eigenvalue weighted by Crippen LogP contribution is -2.36. The molecule has 0 bridgehead atoms. The molecule has 70 heavy (non-hydrogen) atoms. The Hall–Kier alpha value is -5.02. The number of morpholine rings is 2. The number of rotatable bonds is 16. The van der Waals surface area contributed by atoms with Crippen molar-refractivity contribution in [3.63, 3.8) is 0 Å². The van der Waals surface area contributed by atoms with Crippen molar-refractivity contribution >= 4 is 77.6 Å². The van der Waals surface area contributed by atoms with Gasteiger partial charge in [0, 0.05) is 68.6 Å². The van der Waals surface area contributed by atoms with Crippen LogP contribution in [0.5, 0.6) is 23.0 Å². The van der Waals surface area contributed by atoms with Gasteiger partial charge >= 0.3 is 0 Å². The molecule has 0 saturated carbocycles. The van der Waals surface area contributed by atoms with E-state index >= 15 is 0 Å². The number of amides is 1. The van der Waals surface area contributed by atoms with E-state index in [2.05, 4.69) is 53.1 Å². The van der Waals surface area contributed by atoms with Crippen LogP contribution >= 0.6 is 54.5 Å². The highest BCUT2D eigenvalue weighted by Crippen LogP contribution is 2.42. The normalized spacial score (nSPS) is 14.3. The number of Topliss-reactive ketones (excluding diaryl/α,β-unsaturated/α-hetero) is 1. The summed E-state index contributed by atoms with van der Waals surface area (Å²) < 4.78 is 44.8. The first-order valence-electron chi connectivity index (χ1n) is 22.2. The molecule has 2 atom stereocenters. The summed E-state index contributed by atoms with van der Waals surface area (Å²) >= 11 is 10.1. The second-order valence-corrected chi connectivity index (χ2v) is 19.1. The zero-order valence-corrected chi connectivity index (χ0v) is 45.3. The minimum Gasteiger partial charge on any atom is -0.495 e. The van der Waals surface area contributed by atoms with Crippen LogP contribution in [0.25, 0.3) is 20.9 Å². The maximum atomic E-state index is 13.3. The van der Waals surface area contributed by atoms with Gasteiger partial charge in [-0.3, -0.25) is 14.4 Å². The zero-order chi connectivity index (χ0) is 50.2. The van der Waals surface area contributed by atoms with Crippen molar-refractivity contribution in [3.8, 4) is 43.9 Å². The molecule has 0 aliphatic carbocycles. The number of hydrogen-bond donors (Lipinski definition) is 0. The highest BCUT2D eigenvalue weighted by atomic mass is 79.9. The fraction of sp³-hybridized carbons (Fsp3) is 0.346. The fourth-order valence-corrected chi connectivity index (χ4v) is 10.4. The van der Waals surface area contributed by atoms with Crippen molar-refractivity contribution in [1.82, 2.24) is 5.06 Å². The summed E-state index contributed by atoms with van der Waals surface area (Å²) in [5.74, 6) is 2.59. The van der Waals surface area contributed by atoms with Gasteiger partial charge in [-0.2, -0.15) is 0 Å². The average molecular weight is 1130 g/mol. The summed E-state index contributed by atoms with van der Waals surface area (Å²) in [6.07, 6.45) is -1.32. The lowest BCUT2D eigenvalue weighted by Gasteiger charge is -2.29. The molecule has 2 saturated heterocycles. The van der Waals surface area contributed by atoms with E-state index in [1.807, 2.05) is 91.0 Å². The Morgan fingerprint density at radius 1 is 0.586 bits per heavy atom. The largest absolute Gasteiger partial charge is 0.495 e. The number of halogens is 2. The zero-order valence-electron chi connectivity index (χ0n) is 40.5. The number of methoxy groups -OCH3 is 6. The van der Waals surface area contributed by atoms with Crippen LogP contribution in [0, 0.1) is 0 Å². The van der Waals surface area contributed by atoms with Gasteiger partial charge in [0.1, 0.15) is 38.0 Å². The Morgan fingerprint density at radius 3 is 1.40 bits per heavy atom. The van der Waals surface area contributed by atoms with Crippen LogP contribution in [0.2, 0.25) is 0 Å². The van der Waals surface area contributed by atoms with Crippen molar-refractivity contribution in [2.24, 2.45) is 0 Å². The summed E-state index contributed by atoms with van der Waals surface area (Å²) in [5, 5.41) is 3.22. The highest BCUT2D eigenvalue weighted by Gasteiger charge is 2.26. The Morgan fingerprint density at radius 2 is 1.01 bits per heavy atom. The summed E-state index contributed by atoms with van der Waals surface area (Å²) in [7, 11) is 12.6. The number of hydroxylamine groups is 2. The van der Waals surface area contributed by atoms with Crippen LogP contribution in [0.3, 0.4) is 0 Å². The molecule has 2 aliphatic heterocycles. The molecule has 2 fully saturated rings. The molecule has 14 nitrogen and oxygen atoms in total. The summed E-state index contributed by atoms with van der Waals surface area (Å²) in [5.41, 5.74) is 5.92. The van der Waals surface area contributed by atoms with Gasteiger partial charge in [-0.1, -0.05) is 30.3 Å². The number of likely N-dealkylation sites (N-methyl/N-ethyl adjacent to an activating group) is 1. The molecular weight excluding hydrogens is 1070 g/mol. The van der Waals surface area contributed by atoms with E-state index in [0.717, 1.165) is 112 Å². The third-order valence-corrected chi connectivity index (χ3v) is 15.1. The first kappa shape index (κ1) is 54.3. The maximum Gasteiger partial charge on any atom is 0.279 e. The first-order valence-corrected chi connectivity index (χ1v) is 25.5. The van der Waals surface area contributed by atoms with Gasteiger partial charge < -0.3 is 47.7 Å². The molecule has 18 heteroatoms. The van der Waals surface area contributed by atoms with E-state index in [9.17, 15) is 9.59 Å². The van der Waals surface area contributed by atoms with E-state index in [-0.39, 0.29) is 11.7 Å². The lowest BCUT2D eigenvalue weighted by molar-refractivity contribution is -0.179. The number of carbonyl (C=O) groups is 2. The van der Waals surface area contributed by atoms with Gasteiger partial charge in [0.15, 0.2) is 6.10 Å². The predicted octanol–water partition coefficient (Wildman–Crippen LogP) is 11.0. The van der Waals surface area contributed by atoms with Gasteiger partial charge in [-0.05, 0) is 126 Å². The number of ether oxygens (including phenoxy) is 8. The number of nitrogens with zero attached hydrogens (tertiary/aromatic N) is 3. The molecule has 8 rings (SSSR count). The fourth-order valence-electron chi connectivity index (χ4n) is 7.61. The number of anilines is 2. The maximum absolute atomic E-state index is 13.3. The summed E-state index contributed by atoms with van der Waals surface area (Å²) in [4.78, 5) is 37.7. The topological polar surface area (TPSA) is 127 Å². The van der Waals surface area contributed by atoms with Gasteiger partial charge in [0.2, 0.25) is 5.78 Å². The van der Waals surface area contributed by atoms with Crippen LogP contribution in [0.4, 0.5) is 11.4 Å². The summed E-state index contributed by atoms with van der Waals surface area (Å²) in [6, 6.07) is 31.6. The van der Waals surface area contributed by atoms with E-state index in [1.165, 1.54) is 35.5 Å². The molecule has 6 aromatic rings. The molecule has 4 heterocycles. The van der Waals surface area contributed by atoms with Crippen molar-refractivity contribution in [2.45, 2.75) is 12.2 Å². The Kier molecular flexibility index (Phi) is 20.9. The standard InChI is InChI=1S/C25H26BrNO5S.C15H22N2O4.C12H11BrO2S/c1-29-19-14-17(15-20(30-2)23(19)26)21-8-9-22(33-21)24(28)25(31-3)16-4-6-18(7-5-16)27-10-12-32-13-11-27;1-16(20-3)15(18)14(19-2)12-4-6-13(7-5-12)17-8-10-21-11-9-17;1-14-9-6-8(11-4-3-5-16-11)7-10(15-2)12(9)13/h4-9,14-15,25H,10-13H2,1-3H3;4-7,14H,8-11H2,1-3H3;3-7H,1-2H3. The van der Waals surface area contributed by atoms with Crippen molar-refractivity contribution in [3.05, 3.63) is 127 Å². The molecule has 2 unspecified atom stereocenters. The van der Waals surface area contributed by atoms with Gasteiger partial charge in [-0.15, -0.1) is 22.7 Å². The number of hydrogen-bond acceptors (Lipinski definition) is 15. The number of carbonyl (C=O) groups excluding carboxylic acids is 2. The summed E-state index contributed by atoms with van der Waals surface area (Å²) in [6.45, 7) is 6.48. The minimum atomic E-state index is -0.663. The molecule has 4 aromatic carbocycles. The molecular formula is C52H59Br2N3O11S2. The first-order chi connectivity index (χ1) is 34.0. The average Bonchev–Trinajstić information content (AvgIpc) is 4.15. The molecule has 0 N–H and O–H groups in total. The van der Waals surface area contributed by atoms with E-state index in [0.29, 0.717) is 16.4 Å². The molecule has 2 aliphatic rings. The van der Waals surface area contributed by atoms with Gasteiger partial charge in [0.25, 0.3) is 5.91 Å². The smallest absolute Gasteiger partial charge is 0.279 e.